The smallest absolute Gasteiger partial charge is 0.00287 e. The number of hydrogen-bond donors (Lipinski definition) is 0. The largest absolute Gasteiger partial charge is 0.0744 e. The van der Waals surface area contributed by atoms with Gasteiger partial charge in [-0.1, -0.05) is 116 Å². The van der Waals surface area contributed by atoms with Crippen LogP contribution < -0.4 is 0 Å². The highest BCUT2D eigenvalue weighted by Gasteiger charge is 2.27. The van der Waals surface area contributed by atoms with E-state index in [0.717, 1.165) is 25.7 Å². The molecule has 0 saturated heterocycles. The molecule has 0 heteroatoms. The maximum Gasteiger partial charge on any atom is -0.00287 e. The first-order valence-electron chi connectivity index (χ1n) is 10.2. The Bertz CT molecular complexity index is 949. The van der Waals surface area contributed by atoms with E-state index in [4.69, 9.17) is 0 Å². The first-order valence-corrected chi connectivity index (χ1v) is 10.2. The Kier molecular flexibility index (Phi) is 5.58. The van der Waals surface area contributed by atoms with Crippen molar-refractivity contribution >= 4 is 0 Å². The summed E-state index contributed by atoms with van der Waals surface area (Å²) in [6.45, 7) is 2.42. The van der Waals surface area contributed by atoms with Crippen LogP contribution in [0.5, 0.6) is 0 Å². The molecule has 3 aromatic carbocycles. The summed E-state index contributed by atoms with van der Waals surface area (Å²) in [4.78, 5) is 0. The summed E-state index contributed by atoms with van der Waals surface area (Å²) < 4.78 is 0. The molecular weight excluding hydrogens is 336 g/mol. The van der Waals surface area contributed by atoms with Gasteiger partial charge in [-0.15, -0.1) is 0 Å². The third-order valence-corrected chi connectivity index (χ3v) is 5.53. The third kappa shape index (κ3) is 4.89. The molecule has 140 valence electrons. The molecular formula is C28H28. The summed E-state index contributed by atoms with van der Waals surface area (Å²) in [5.74, 6) is 0. The number of allylic oxidation sites excluding steroid dienone is 4. The van der Waals surface area contributed by atoms with E-state index in [-0.39, 0.29) is 5.41 Å². The lowest BCUT2D eigenvalue weighted by molar-refractivity contribution is 0.408. The van der Waals surface area contributed by atoms with Crippen molar-refractivity contribution in [3.63, 3.8) is 0 Å². The zero-order chi connectivity index (χ0) is 19.2. The maximum atomic E-state index is 2.53. The van der Waals surface area contributed by atoms with Crippen LogP contribution in [0.25, 0.3) is 0 Å². The Labute approximate surface area is 169 Å². The maximum absolute atomic E-state index is 2.53. The minimum absolute atomic E-state index is 0.157. The van der Waals surface area contributed by atoms with E-state index in [1.807, 2.05) is 0 Å². The quantitative estimate of drug-likeness (QED) is 0.443. The molecule has 1 unspecified atom stereocenters. The standard InChI is InChI=1S/C28H28/c1-28(20-25-15-9-4-10-16-25)21-26(17-23-11-5-2-6-12-23)19-27(22-28)18-24-13-7-3-8-14-24/h2-16,19,21H,17-18,20,22H2,1H3. The Balaban J connectivity index is 1.62. The van der Waals surface area contributed by atoms with Crippen molar-refractivity contribution in [1.82, 2.24) is 0 Å². The van der Waals surface area contributed by atoms with Gasteiger partial charge in [0.2, 0.25) is 0 Å². The van der Waals surface area contributed by atoms with Crippen molar-refractivity contribution in [3.8, 4) is 0 Å². The van der Waals surface area contributed by atoms with E-state index < -0.39 is 0 Å². The van der Waals surface area contributed by atoms with Gasteiger partial charge in [-0.05, 0) is 53.4 Å². The number of hydrogen-bond acceptors (Lipinski definition) is 0. The predicted octanol–water partition coefficient (Wildman–Crippen LogP) is 6.98. The van der Waals surface area contributed by atoms with Crippen LogP contribution in [0.2, 0.25) is 0 Å². The van der Waals surface area contributed by atoms with Crippen molar-refractivity contribution in [2.75, 3.05) is 0 Å². The summed E-state index contributed by atoms with van der Waals surface area (Å²) in [6.07, 6.45) is 9.22. The van der Waals surface area contributed by atoms with Gasteiger partial charge in [0.1, 0.15) is 0 Å². The van der Waals surface area contributed by atoms with Crippen LogP contribution in [0.4, 0.5) is 0 Å². The highest BCUT2D eigenvalue weighted by molar-refractivity contribution is 5.39. The van der Waals surface area contributed by atoms with E-state index in [0.29, 0.717) is 0 Å². The van der Waals surface area contributed by atoms with Gasteiger partial charge in [0.25, 0.3) is 0 Å². The van der Waals surface area contributed by atoms with Gasteiger partial charge in [-0.25, -0.2) is 0 Å². The van der Waals surface area contributed by atoms with Crippen LogP contribution in [-0.4, -0.2) is 0 Å². The Morgan fingerprint density at radius 2 is 1.14 bits per heavy atom. The van der Waals surface area contributed by atoms with Crippen LogP contribution in [0.1, 0.15) is 30.0 Å². The summed E-state index contributed by atoms with van der Waals surface area (Å²) in [7, 11) is 0. The van der Waals surface area contributed by atoms with E-state index in [2.05, 4.69) is 110 Å². The fraction of sp³-hybridized carbons (Fsp3) is 0.214. The lowest BCUT2D eigenvalue weighted by atomic mass is 9.72. The molecule has 0 saturated carbocycles. The van der Waals surface area contributed by atoms with Gasteiger partial charge in [-0.2, -0.15) is 0 Å². The first kappa shape index (κ1) is 18.5. The minimum Gasteiger partial charge on any atom is -0.0744 e. The summed E-state index contributed by atoms with van der Waals surface area (Å²) in [5.41, 5.74) is 7.34. The monoisotopic (exact) mass is 364 g/mol. The van der Waals surface area contributed by atoms with Crippen molar-refractivity contribution < 1.29 is 0 Å². The van der Waals surface area contributed by atoms with Crippen molar-refractivity contribution in [3.05, 3.63) is 131 Å². The molecule has 28 heavy (non-hydrogen) atoms. The lowest BCUT2D eigenvalue weighted by Gasteiger charge is -2.32. The summed E-state index contributed by atoms with van der Waals surface area (Å²) >= 11 is 0. The van der Waals surface area contributed by atoms with Gasteiger partial charge >= 0.3 is 0 Å². The molecule has 0 aliphatic heterocycles. The minimum atomic E-state index is 0.157. The fourth-order valence-corrected chi connectivity index (χ4v) is 4.45. The molecule has 0 N–H and O–H groups in total. The molecule has 4 rings (SSSR count). The highest BCUT2D eigenvalue weighted by Crippen LogP contribution is 2.39. The number of benzene rings is 3. The second-order valence-corrected chi connectivity index (χ2v) is 8.34. The summed E-state index contributed by atoms with van der Waals surface area (Å²) in [5, 5.41) is 0. The molecule has 0 bridgehead atoms. The molecule has 1 atom stereocenters. The van der Waals surface area contributed by atoms with Crippen LogP contribution >= 0.6 is 0 Å². The van der Waals surface area contributed by atoms with Gasteiger partial charge in [0.15, 0.2) is 0 Å². The van der Waals surface area contributed by atoms with Crippen molar-refractivity contribution in [2.24, 2.45) is 5.41 Å². The third-order valence-electron chi connectivity index (χ3n) is 5.53. The SMILES string of the molecule is CC1(Cc2ccccc2)C=C(Cc2ccccc2)C=C(Cc2ccccc2)C1. The zero-order valence-electron chi connectivity index (χ0n) is 16.6. The lowest BCUT2D eigenvalue weighted by Crippen LogP contribution is -2.22. The van der Waals surface area contributed by atoms with Crippen LogP contribution in [0.3, 0.4) is 0 Å². The zero-order valence-corrected chi connectivity index (χ0v) is 16.6. The molecule has 0 amide bonds. The first-order chi connectivity index (χ1) is 13.7. The molecule has 0 nitrogen and oxygen atoms in total. The number of rotatable bonds is 6. The Morgan fingerprint density at radius 1 is 0.643 bits per heavy atom. The van der Waals surface area contributed by atoms with Gasteiger partial charge in [-0.3, -0.25) is 0 Å². The molecule has 0 heterocycles. The van der Waals surface area contributed by atoms with Crippen molar-refractivity contribution in [1.29, 1.82) is 0 Å². The van der Waals surface area contributed by atoms with Gasteiger partial charge < -0.3 is 0 Å². The predicted molar refractivity (Wildman–Crippen MR) is 119 cm³/mol. The molecule has 1 aliphatic carbocycles. The molecule has 0 aromatic heterocycles. The summed E-state index contributed by atoms with van der Waals surface area (Å²) in [6, 6.07) is 32.6. The fourth-order valence-electron chi connectivity index (χ4n) is 4.45. The highest BCUT2D eigenvalue weighted by atomic mass is 14.3. The molecule has 0 fully saturated rings. The second kappa shape index (κ2) is 8.44. The van der Waals surface area contributed by atoms with Crippen LogP contribution in [0, 0.1) is 5.41 Å². The molecule has 1 aliphatic rings. The van der Waals surface area contributed by atoms with E-state index in [9.17, 15) is 0 Å². The Hall–Kier alpha value is -2.86. The van der Waals surface area contributed by atoms with E-state index >= 15 is 0 Å². The molecule has 0 radical (unpaired) electrons. The molecule has 3 aromatic rings. The van der Waals surface area contributed by atoms with Gasteiger partial charge in [0, 0.05) is 0 Å². The van der Waals surface area contributed by atoms with Crippen molar-refractivity contribution in [2.45, 2.75) is 32.6 Å². The average Bonchev–Trinajstić information content (AvgIpc) is 2.69. The Morgan fingerprint density at radius 3 is 1.71 bits per heavy atom. The van der Waals surface area contributed by atoms with Gasteiger partial charge in [0.05, 0.1) is 0 Å². The topological polar surface area (TPSA) is 0 Å². The second-order valence-electron chi connectivity index (χ2n) is 8.34. The van der Waals surface area contributed by atoms with Crippen LogP contribution in [-0.2, 0) is 19.3 Å². The van der Waals surface area contributed by atoms with Crippen LogP contribution in [0.15, 0.2) is 114 Å². The molecule has 0 spiro atoms. The average molecular weight is 365 g/mol. The van der Waals surface area contributed by atoms with E-state index in [1.165, 1.54) is 27.8 Å². The van der Waals surface area contributed by atoms with E-state index in [1.54, 1.807) is 0 Å². The normalized spacial score (nSPS) is 19.0.